The molecule has 1 aliphatic rings. The van der Waals surface area contributed by atoms with E-state index in [9.17, 15) is 0 Å². The molecular weight excluding hydrogens is 234 g/mol. The van der Waals surface area contributed by atoms with Crippen molar-refractivity contribution in [3.05, 3.63) is 36.5 Å². The Labute approximate surface area is 114 Å². The zero-order valence-corrected chi connectivity index (χ0v) is 11.6. The van der Waals surface area contributed by atoms with Gasteiger partial charge in [-0.15, -0.1) is 0 Å². The number of rotatable bonds is 3. The molecule has 0 radical (unpaired) electrons. The molecule has 0 bridgehead atoms. The van der Waals surface area contributed by atoms with E-state index in [2.05, 4.69) is 54.2 Å². The number of hydrogen-bond acceptors (Lipinski definition) is 2. The van der Waals surface area contributed by atoms with Crippen LogP contribution in [0.2, 0.25) is 0 Å². The predicted octanol–water partition coefficient (Wildman–Crippen LogP) is 4.10. The lowest BCUT2D eigenvalue weighted by Gasteiger charge is -2.31. The summed E-state index contributed by atoms with van der Waals surface area (Å²) in [6, 6.07) is 11.5. The van der Waals surface area contributed by atoms with Crippen molar-refractivity contribution in [2.24, 2.45) is 0 Å². The largest absolute Gasteiger partial charge is 0.353 e. The number of benzene rings is 1. The summed E-state index contributed by atoms with van der Waals surface area (Å²) in [5.74, 6) is 1.03. The molecule has 1 aromatic carbocycles. The molecule has 19 heavy (non-hydrogen) atoms. The molecule has 0 fully saturated rings. The molecule has 0 spiro atoms. The van der Waals surface area contributed by atoms with Crippen LogP contribution in [0, 0.1) is 0 Å². The minimum atomic E-state index is 0.559. The Kier molecular flexibility index (Phi) is 3.28. The van der Waals surface area contributed by atoms with Crippen LogP contribution < -0.4 is 5.32 Å². The third-order valence-corrected chi connectivity index (χ3v) is 4.05. The molecule has 3 rings (SSSR count). The standard InChI is InChI=1S/C16H21N3/c1-3-13-10-14(4-2)19-11-15(18-16(19)17-13)12-8-6-5-7-9-12/h5-9,11,13-14H,3-4,10H2,1-2H3,(H,17,18). The van der Waals surface area contributed by atoms with Gasteiger partial charge in [0.1, 0.15) is 0 Å². The lowest BCUT2D eigenvalue weighted by Crippen LogP contribution is -2.31. The average molecular weight is 255 g/mol. The Morgan fingerprint density at radius 2 is 2.00 bits per heavy atom. The molecule has 2 atom stereocenters. The van der Waals surface area contributed by atoms with E-state index in [1.807, 2.05) is 6.07 Å². The van der Waals surface area contributed by atoms with Gasteiger partial charge < -0.3 is 9.88 Å². The molecule has 3 heteroatoms. The number of nitrogens with one attached hydrogen (secondary N) is 1. The van der Waals surface area contributed by atoms with Crippen molar-refractivity contribution in [3.8, 4) is 11.3 Å². The van der Waals surface area contributed by atoms with Gasteiger partial charge in [0.25, 0.3) is 0 Å². The van der Waals surface area contributed by atoms with Gasteiger partial charge >= 0.3 is 0 Å². The highest BCUT2D eigenvalue weighted by molar-refractivity contribution is 5.61. The molecule has 2 unspecified atom stereocenters. The van der Waals surface area contributed by atoms with Gasteiger partial charge in [0.2, 0.25) is 5.95 Å². The molecule has 3 nitrogen and oxygen atoms in total. The Balaban J connectivity index is 1.98. The van der Waals surface area contributed by atoms with Crippen molar-refractivity contribution in [1.29, 1.82) is 0 Å². The highest BCUT2D eigenvalue weighted by Gasteiger charge is 2.25. The van der Waals surface area contributed by atoms with Crippen molar-refractivity contribution in [1.82, 2.24) is 9.55 Å². The van der Waals surface area contributed by atoms with Gasteiger partial charge in [-0.25, -0.2) is 4.98 Å². The van der Waals surface area contributed by atoms with Crippen LogP contribution in [0.5, 0.6) is 0 Å². The van der Waals surface area contributed by atoms with Gasteiger partial charge in [-0.3, -0.25) is 0 Å². The predicted molar refractivity (Wildman–Crippen MR) is 79.3 cm³/mol. The molecule has 0 amide bonds. The fourth-order valence-electron chi connectivity index (χ4n) is 2.84. The van der Waals surface area contributed by atoms with Crippen LogP contribution in [0.15, 0.2) is 36.5 Å². The molecule has 100 valence electrons. The monoisotopic (exact) mass is 255 g/mol. The summed E-state index contributed by atoms with van der Waals surface area (Å²) >= 11 is 0. The van der Waals surface area contributed by atoms with E-state index < -0.39 is 0 Å². The van der Waals surface area contributed by atoms with Crippen LogP contribution in [0.3, 0.4) is 0 Å². The van der Waals surface area contributed by atoms with E-state index >= 15 is 0 Å². The lowest BCUT2D eigenvalue weighted by molar-refractivity contribution is 0.391. The summed E-state index contributed by atoms with van der Waals surface area (Å²) in [5, 5.41) is 3.55. The first-order valence-electron chi connectivity index (χ1n) is 7.22. The van der Waals surface area contributed by atoms with Crippen molar-refractivity contribution in [2.45, 2.75) is 45.2 Å². The SMILES string of the molecule is CCC1CC(CC)n2cc(-c3ccccc3)nc2N1. The number of nitrogens with zero attached hydrogens (tertiary/aromatic N) is 2. The third-order valence-electron chi connectivity index (χ3n) is 4.05. The van der Waals surface area contributed by atoms with Crippen molar-refractivity contribution in [2.75, 3.05) is 5.32 Å². The summed E-state index contributed by atoms with van der Waals surface area (Å²) in [7, 11) is 0. The van der Waals surface area contributed by atoms with Gasteiger partial charge in [-0.05, 0) is 19.3 Å². The molecule has 2 aromatic rings. The number of hydrogen-bond donors (Lipinski definition) is 1. The van der Waals surface area contributed by atoms with Crippen molar-refractivity contribution in [3.63, 3.8) is 0 Å². The van der Waals surface area contributed by atoms with Crippen LogP contribution in [0.1, 0.15) is 39.2 Å². The summed E-state index contributed by atoms with van der Waals surface area (Å²) in [6.07, 6.45) is 5.71. The van der Waals surface area contributed by atoms with Gasteiger partial charge in [-0.1, -0.05) is 44.2 Å². The van der Waals surface area contributed by atoms with E-state index in [0.717, 1.165) is 24.5 Å². The van der Waals surface area contributed by atoms with Crippen LogP contribution in [0.4, 0.5) is 5.95 Å². The second-order valence-corrected chi connectivity index (χ2v) is 5.27. The average Bonchev–Trinajstić information content (AvgIpc) is 2.91. The van der Waals surface area contributed by atoms with E-state index in [0.29, 0.717) is 12.1 Å². The Morgan fingerprint density at radius 1 is 1.21 bits per heavy atom. The van der Waals surface area contributed by atoms with Crippen LogP contribution in [-0.4, -0.2) is 15.6 Å². The Morgan fingerprint density at radius 3 is 2.68 bits per heavy atom. The molecule has 1 aromatic heterocycles. The Hall–Kier alpha value is -1.77. The maximum absolute atomic E-state index is 4.77. The quantitative estimate of drug-likeness (QED) is 0.895. The zero-order valence-electron chi connectivity index (χ0n) is 11.6. The van der Waals surface area contributed by atoms with Gasteiger partial charge in [0, 0.05) is 23.8 Å². The van der Waals surface area contributed by atoms with Gasteiger partial charge in [0.05, 0.1) is 5.69 Å². The summed E-state index contributed by atoms with van der Waals surface area (Å²) in [4.78, 5) is 4.77. The van der Waals surface area contributed by atoms with E-state index in [4.69, 9.17) is 4.98 Å². The zero-order chi connectivity index (χ0) is 13.2. The number of aromatic nitrogens is 2. The minimum absolute atomic E-state index is 0.559. The van der Waals surface area contributed by atoms with E-state index in [1.165, 1.54) is 12.0 Å². The molecule has 2 heterocycles. The molecule has 1 N–H and O–H groups in total. The number of fused-ring (bicyclic) bond motifs is 1. The second-order valence-electron chi connectivity index (χ2n) is 5.27. The van der Waals surface area contributed by atoms with Gasteiger partial charge in [-0.2, -0.15) is 0 Å². The Bertz CT molecular complexity index is 544. The van der Waals surface area contributed by atoms with Gasteiger partial charge in [0.15, 0.2) is 0 Å². The highest BCUT2D eigenvalue weighted by Crippen LogP contribution is 2.32. The fourth-order valence-corrected chi connectivity index (χ4v) is 2.84. The van der Waals surface area contributed by atoms with Crippen molar-refractivity contribution < 1.29 is 0 Å². The number of anilines is 1. The summed E-state index contributed by atoms with van der Waals surface area (Å²) in [5.41, 5.74) is 2.26. The minimum Gasteiger partial charge on any atom is -0.353 e. The molecule has 0 saturated heterocycles. The maximum Gasteiger partial charge on any atom is 0.203 e. The first-order valence-corrected chi connectivity index (χ1v) is 7.22. The molecule has 1 aliphatic heterocycles. The number of imidazole rings is 1. The maximum atomic E-state index is 4.77. The van der Waals surface area contributed by atoms with Crippen LogP contribution >= 0.6 is 0 Å². The first kappa shape index (κ1) is 12.3. The molecule has 0 aliphatic carbocycles. The van der Waals surface area contributed by atoms with Crippen LogP contribution in [-0.2, 0) is 0 Å². The van der Waals surface area contributed by atoms with Crippen LogP contribution in [0.25, 0.3) is 11.3 Å². The normalized spacial score (nSPS) is 21.8. The van der Waals surface area contributed by atoms with Crippen molar-refractivity contribution >= 4 is 5.95 Å². The van der Waals surface area contributed by atoms with E-state index in [-0.39, 0.29) is 0 Å². The summed E-state index contributed by atoms with van der Waals surface area (Å²) < 4.78 is 2.31. The topological polar surface area (TPSA) is 29.9 Å². The first-order chi connectivity index (χ1) is 9.31. The molecule has 0 saturated carbocycles. The lowest BCUT2D eigenvalue weighted by atomic mass is 10.0. The molecular formula is C16H21N3. The highest BCUT2D eigenvalue weighted by atomic mass is 15.3. The second kappa shape index (κ2) is 5.08. The third kappa shape index (κ3) is 2.25. The summed E-state index contributed by atoms with van der Waals surface area (Å²) in [6.45, 7) is 4.50. The fraction of sp³-hybridized carbons (Fsp3) is 0.438. The van der Waals surface area contributed by atoms with E-state index in [1.54, 1.807) is 0 Å². The smallest absolute Gasteiger partial charge is 0.203 e.